The molecule has 0 radical (unpaired) electrons. The maximum atomic E-state index is 7.75. The van der Waals surface area contributed by atoms with E-state index in [1.807, 2.05) is 54.6 Å². The minimum absolute atomic E-state index is 0.366. The lowest BCUT2D eigenvalue weighted by Crippen LogP contribution is -2.35. The quantitative estimate of drug-likeness (QED) is 0.218. The molecule has 1 aliphatic heterocycles. The number of amidine groups is 2. The van der Waals surface area contributed by atoms with Crippen LogP contribution in [0.5, 0.6) is 0 Å². The molecule has 0 bridgehead atoms. The van der Waals surface area contributed by atoms with Gasteiger partial charge in [-0.25, -0.2) is 9.98 Å². The zero-order chi connectivity index (χ0) is 26.6. The summed E-state index contributed by atoms with van der Waals surface area (Å²) in [5.41, 5.74) is 12.7. The second-order valence-electron chi connectivity index (χ2n) is 9.28. The van der Waals surface area contributed by atoms with Crippen LogP contribution in [-0.2, 0) is 0 Å². The van der Waals surface area contributed by atoms with E-state index in [-0.39, 0.29) is 6.17 Å². The number of nitrogens with two attached hydrogens (primary N) is 1. The number of rotatable bonds is 6. The Labute approximate surface area is 227 Å². The first-order valence-electron chi connectivity index (χ1n) is 12.8. The highest BCUT2D eigenvalue weighted by molar-refractivity contribution is 6.16. The molecule has 1 heterocycles. The van der Waals surface area contributed by atoms with E-state index in [1.54, 1.807) is 0 Å². The van der Waals surface area contributed by atoms with Crippen molar-refractivity contribution in [1.29, 1.82) is 5.41 Å². The van der Waals surface area contributed by atoms with Gasteiger partial charge in [-0.15, -0.1) is 0 Å². The summed E-state index contributed by atoms with van der Waals surface area (Å²) in [7, 11) is 0. The lowest BCUT2D eigenvalue weighted by molar-refractivity contribution is 0.756. The third-order valence-electron chi connectivity index (χ3n) is 6.92. The fourth-order valence-electron chi connectivity index (χ4n) is 4.94. The number of nitrogens with one attached hydrogen (secondary N) is 2. The predicted molar refractivity (Wildman–Crippen MR) is 162 cm³/mol. The van der Waals surface area contributed by atoms with Crippen molar-refractivity contribution in [2.24, 2.45) is 15.7 Å². The van der Waals surface area contributed by atoms with Gasteiger partial charge in [-0.2, -0.15) is 0 Å². The van der Waals surface area contributed by atoms with Crippen molar-refractivity contribution in [2.75, 3.05) is 0 Å². The second-order valence-corrected chi connectivity index (χ2v) is 9.28. The van der Waals surface area contributed by atoms with Crippen LogP contribution in [0.3, 0.4) is 0 Å². The van der Waals surface area contributed by atoms with Crippen LogP contribution in [0, 0.1) is 5.41 Å². The van der Waals surface area contributed by atoms with Crippen LogP contribution in [0.25, 0.3) is 27.5 Å². The van der Waals surface area contributed by atoms with Crippen molar-refractivity contribution in [3.63, 3.8) is 0 Å². The molecule has 0 amide bonds. The molecule has 6 rings (SSSR count). The molecule has 0 aliphatic carbocycles. The summed E-state index contributed by atoms with van der Waals surface area (Å²) in [6.45, 7) is 0. The Hall–Kier alpha value is -5.29. The standard InChI is InChI=1S/C34H27N5/c35-21-27(22-36)29-20-19-28(30-13-7-8-14-31(29)30)23-15-17-26(18-16-23)34-38-32(24-9-3-1-4-10-24)37-33(39-34)25-11-5-2-6-12-25/h1-22,34-35H,36H2,(H,37,38,39). The van der Waals surface area contributed by atoms with Gasteiger partial charge in [0.1, 0.15) is 11.7 Å². The van der Waals surface area contributed by atoms with Crippen LogP contribution in [-0.4, -0.2) is 17.9 Å². The summed E-state index contributed by atoms with van der Waals surface area (Å²) >= 11 is 0. The number of fused-ring (bicyclic) bond motifs is 1. The van der Waals surface area contributed by atoms with Gasteiger partial charge in [0.25, 0.3) is 0 Å². The number of benzene rings is 5. The van der Waals surface area contributed by atoms with E-state index in [2.05, 4.69) is 72.0 Å². The molecule has 0 aromatic heterocycles. The number of nitrogens with zero attached hydrogens (tertiary/aromatic N) is 2. The fourth-order valence-corrected chi connectivity index (χ4v) is 4.94. The van der Waals surface area contributed by atoms with E-state index < -0.39 is 0 Å². The van der Waals surface area contributed by atoms with E-state index in [4.69, 9.17) is 21.1 Å². The molecule has 4 N–H and O–H groups in total. The van der Waals surface area contributed by atoms with Crippen LogP contribution < -0.4 is 11.1 Å². The number of allylic oxidation sites excluding steroid dienone is 1. The molecule has 5 aromatic carbocycles. The summed E-state index contributed by atoms with van der Waals surface area (Å²) in [6.07, 6.45) is 2.41. The third kappa shape index (κ3) is 4.74. The highest BCUT2D eigenvalue weighted by Gasteiger charge is 2.20. The van der Waals surface area contributed by atoms with Crippen molar-refractivity contribution in [1.82, 2.24) is 5.32 Å². The molecule has 39 heavy (non-hydrogen) atoms. The van der Waals surface area contributed by atoms with Gasteiger partial charge in [0.2, 0.25) is 0 Å². The first-order valence-corrected chi connectivity index (χ1v) is 12.8. The van der Waals surface area contributed by atoms with E-state index in [1.165, 1.54) is 12.4 Å². The van der Waals surface area contributed by atoms with Gasteiger partial charge in [0.15, 0.2) is 6.17 Å². The van der Waals surface area contributed by atoms with Gasteiger partial charge in [-0.1, -0.05) is 121 Å². The Kier molecular flexibility index (Phi) is 6.54. The summed E-state index contributed by atoms with van der Waals surface area (Å²) in [4.78, 5) is 9.96. The second kappa shape index (κ2) is 10.6. The molecule has 0 spiro atoms. The zero-order valence-electron chi connectivity index (χ0n) is 21.3. The van der Waals surface area contributed by atoms with Crippen molar-refractivity contribution in [3.8, 4) is 11.1 Å². The van der Waals surface area contributed by atoms with Crippen molar-refractivity contribution in [2.45, 2.75) is 6.17 Å². The zero-order valence-corrected chi connectivity index (χ0v) is 21.3. The first kappa shape index (κ1) is 24.1. The molecule has 5 heteroatoms. The van der Waals surface area contributed by atoms with Gasteiger partial charge in [-0.05, 0) is 33.0 Å². The minimum atomic E-state index is -0.366. The van der Waals surface area contributed by atoms with Crippen molar-refractivity contribution < 1.29 is 0 Å². The number of aliphatic imine (C=N–C) groups is 2. The Bertz CT molecular complexity index is 1680. The first-order chi connectivity index (χ1) is 19.2. The monoisotopic (exact) mass is 505 g/mol. The van der Waals surface area contributed by atoms with Gasteiger partial charge in [0.05, 0.1) is 0 Å². The highest BCUT2D eigenvalue weighted by Crippen LogP contribution is 2.34. The minimum Gasteiger partial charge on any atom is -0.404 e. The fraction of sp³-hybridized carbons (Fsp3) is 0.0294. The lowest BCUT2D eigenvalue weighted by Gasteiger charge is -2.22. The molecule has 0 saturated carbocycles. The predicted octanol–water partition coefficient (Wildman–Crippen LogP) is 6.95. The molecular weight excluding hydrogens is 478 g/mol. The Morgan fingerprint density at radius 3 is 1.77 bits per heavy atom. The van der Waals surface area contributed by atoms with Crippen LogP contribution in [0.4, 0.5) is 0 Å². The van der Waals surface area contributed by atoms with Crippen LogP contribution >= 0.6 is 0 Å². The van der Waals surface area contributed by atoms with Gasteiger partial charge in [0, 0.05) is 29.1 Å². The number of hydrogen-bond donors (Lipinski definition) is 3. The average Bonchev–Trinajstić information content (AvgIpc) is 3.02. The highest BCUT2D eigenvalue weighted by atomic mass is 15.2. The molecule has 0 unspecified atom stereocenters. The molecule has 0 atom stereocenters. The Morgan fingerprint density at radius 1 is 0.641 bits per heavy atom. The van der Waals surface area contributed by atoms with Crippen molar-refractivity contribution in [3.05, 3.63) is 150 Å². The molecule has 188 valence electrons. The van der Waals surface area contributed by atoms with Gasteiger partial charge >= 0.3 is 0 Å². The maximum absolute atomic E-state index is 7.75. The molecule has 0 saturated heterocycles. The summed E-state index contributed by atoms with van der Waals surface area (Å²) < 4.78 is 0. The van der Waals surface area contributed by atoms with Crippen LogP contribution in [0.15, 0.2) is 138 Å². The third-order valence-corrected chi connectivity index (χ3v) is 6.92. The van der Waals surface area contributed by atoms with E-state index >= 15 is 0 Å². The Balaban J connectivity index is 1.40. The van der Waals surface area contributed by atoms with Gasteiger partial charge < -0.3 is 16.5 Å². The topological polar surface area (TPSA) is 86.6 Å². The maximum Gasteiger partial charge on any atom is 0.169 e. The summed E-state index contributed by atoms with van der Waals surface area (Å²) in [5, 5.41) is 13.4. The molecule has 5 nitrogen and oxygen atoms in total. The lowest BCUT2D eigenvalue weighted by atomic mass is 9.92. The summed E-state index contributed by atoms with van der Waals surface area (Å²) in [5.74, 6) is 1.60. The van der Waals surface area contributed by atoms with E-state index in [9.17, 15) is 0 Å². The van der Waals surface area contributed by atoms with E-state index in [0.29, 0.717) is 5.57 Å². The largest absolute Gasteiger partial charge is 0.404 e. The van der Waals surface area contributed by atoms with Crippen molar-refractivity contribution >= 4 is 34.2 Å². The molecule has 0 fully saturated rings. The smallest absolute Gasteiger partial charge is 0.169 e. The molecule has 1 aliphatic rings. The average molecular weight is 506 g/mol. The van der Waals surface area contributed by atoms with Crippen LogP contribution in [0.2, 0.25) is 0 Å². The molecule has 5 aromatic rings. The molecular formula is C34H27N5. The summed E-state index contributed by atoms with van der Waals surface area (Å²) in [6, 6.07) is 41.1. The normalized spacial score (nSPS) is 13.9. The van der Waals surface area contributed by atoms with Gasteiger partial charge in [-0.3, -0.25) is 0 Å². The Morgan fingerprint density at radius 2 is 1.21 bits per heavy atom. The van der Waals surface area contributed by atoms with Crippen LogP contribution in [0.1, 0.15) is 28.4 Å². The SMILES string of the molecule is N=CC(=CN)c1ccc(-c2ccc(C3N=C(c4ccccc4)NC(c4ccccc4)=N3)cc2)c2ccccc12. The number of hydrogen-bond acceptors (Lipinski definition) is 5. The van der Waals surface area contributed by atoms with E-state index in [0.717, 1.165) is 55.8 Å².